The van der Waals surface area contributed by atoms with Gasteiger partial charge in [0.15, 0.2) is 0 Å². The first-order valence-electron chi connectivity index (χ1n) is 9.72. The van der Waals surface area contributed by atoms with Crippen LogP contribution < -0.4 is 0 Å². The number of para-hydroxylation sites is 1. The highest BCUT2D eigenvalue weighted by molar-refractivity contribution is 6.32. The number of aromatic nitrogens is 1. The lowest BCUT2D eigenvalue weighted by molar-refractivity contribution is 1.18. The van der Waals surface area contributed by atoms with Crippen molar-refractivity contribution in [1.82, 2.24) is 4.57 Å². The SMILES string of the molecule is Cc1ccc2c3c4ccccc4c4ccccc4c3n(-c3ccccc3)c2c1. The van der Waals surface area contributed by atoms with E-state index in [9.17, 15) is 0 Å². The van der Waals surface area contributed by atoms with Crippen LogP contribution in [0.15, 0.2) is 97.1 Å². The van der Waals surface area contributed by atoms with Crippen LogP contribution in [-0.2, 0) is 0 Å². The van der Waals surface area contributed by atoms with Gasteiger partial charge in [-0.15, -0.1) is 0 Å². The molecule has 0 unspecified atom stereocenters. The van der Waals surface area contributed by atoms with Crippen LogP contribution in [0.4, 0.5) is 0 Å². The molecule has 1 heterocycles. The van der Waals surface area contributed by atoms with E-state index in [1.165, 1.54) is 54.6 Å². The number of hydrogen-bond donors (Lipinski definition) is 0. The van der Waals surface area contributed by atoms with Crippen molar-refractivity contribution in [3.05, 3.63) is 103 Å². The molecule has 1 nitrogen and oxygen atoms in total. The highest BCUT2D eigenvalue weighted by Crippen LogP contribution is 2.42. The Kier molecular flexibility index (Phi) is 3.15. The van der Waals surface area contributed by atoms with Crippen LogP contribution >= 0.6 is 0 Å². The number of aryl methyl sites for hydroxylation is 1. The highest BCUT2D eigenvalue weighted by Gasteiger charge is 2.18. The van der Waals surface area contributed by atoms with E-state index in [0.29, 0.717) is 0 Å². The zero-order chi connectivity index (χ0) is 18.7. The fourth-order valence-electron chi connectivity index (χ4n) is 4.63. The molecule has 5 aromatic carbocycles. The molecule has 28 heavy (non-hydrogen) atoms. The van der Waals surface area contributed by atoms with E-state index >= 15 is 0 Å². The predicted molar refractivity (Wildman–Crippen MR) is 121 cm³/mol. The van der Waals surface area contributed by atoms with E-state index in [2.05, 4.69) is 109 Å². The summed E-state index contributed by atoms with van der Waals surface area (Å²) in [6.45, 7) is 2.17. The summed E-state index contributed by atoms with van der Waals surface area (Å²) in [5.74, 6) is 0. The molecule has 0 saturated carbocycles. The Labute approximate surface area is 163 Å². The second-order valence-corrected chi connectivity index (χ2v) is 7.51. The van der Waals surface area contributed by atoms with E-state index in [1.54, 1.807) is 0 Å². The van der Waals surface area contributed by atoms with Crippen LogP contribution in [0.25, 0.3) is 49.0 Å². The van der Waals surface area contributed by atoms with Gasteiger partial charge >= 0.3 is 0 Å². The molecule has 0 radical (unpaired) electrons. The first-order chi connectivity index (χ1) is 13.8. The Bertz CT molecular complexity index is 1500. The van der Waals surface area contributed by atoms with Crippen molar-refractivity contribution in [1.29, 1.82) is 0 Å². The van der Waals surface area contributed by atoms with Gasteiger partial charge < -0.3 is 4.57 Å². The Balaban J connectivity index is 2.02. The molecule has 0 amide bonds. The largest absolute Gasteiger partial charge is 0.309 e. The van der Waals surface area contributed by atoms with E-state index in [4.69, 9.17) is 0 Å². The second-order valence-electron chi connectivity index (χ2n) is 7.51. The molecule has 1 aromatic heterocycles. The minimum absolute atomic E-state index is 1.20. The third-order valence-electron chi connectivity index (χ3n) is 5.81. The molecule has 0 saturated heterocycles. The van der Waals surface area contributed by atoms with Crippen molar-refractivity contribution >= 4 is 43.4 Å². The number of fused-ring (bicyclic) bond motifs is 8. The van der Waals surface area contributed by atoms with Crippen LogP contribution in [0.1, 0.15) is 5.56 Å². The van der Waals surface area contributed by atoms with E-state index in [1.807, 2.05) is 0 Å². The van der Waals surface area contributed by atoms with Gasteiger partial charge in [0.25, 0.3) is 0 Å². The molecule has 0 fully saturated rings. The summed E-state index contributed by atoms with van der Waals surface area (Å²) in [6.07, 6.45) is 0. The first kappa shape index (κ1) is 15.5. The molecule has 6 rings (SSSR count). The fraction of sp³-hybridized carbons (Fsp3) is 0.0370. The molecule has 0 aliphatic rings. The molecule has 0 bridgehead atoms. The van der Waals surface area contributed by atoms with Crippen LogP contribution in [0.2, 0.25) is 0 Å². The molecule has 0 atom stereocenters. The maximum Gasteiger partial charge on any atom is 0.0625 e. The number of benzene rings is 5. The van der Waals surface area contributed by atoms with Crippen molar-refractivity contribution in [2.45, 2.75) is 6.92 Å². The molecule has 6 aromatic rings. The monoisotopic (exact) mass is 357 g/mol. The first-order valence-corrected chi connectivity index (χ1v) is 9.72. The van der Waals surface area contributed by atoms with Gasteiger partial charge in [-0.3, -0.25) is 0 Å². The summed E-state index contributed by atoms with van der Waals surface area (Å²) in [5, 5.41) is 7.90. The van der Waals surface area contributed by atoms with Crippen molar-refractivity contribution in [2.75, 3.05) is 0 Å². The summed E-state index contributed by atoms with van der Waals surface area (Å²) < 4.78 is 2.44. The van der Waals surface area contributed by atoms with E-state index < -0.39 is 0 Å². The summed E-state index contributed by atoms with van der Waals surface area (Å²) in [4.78, 5) is 0. The topological polar surface area (TPSA) is 4.93 Å². The maximum atomic E-state index is 2.44. The number of nitrogens with zero attached hydrogens (tertiary/aromatic N) is 1. The molecule has 0 aliphatic heterocycles. The molecular formula is C27H19N. The fourth-order valence-corrected chi connectivity index (χ4v) is 4.63. The predicted octanol–water partition coefficient (Wildman–Crippen LogP) is 7.40. The van der Waals surface area contributed by atoms with Crippen LogP contribution in [0, 0.1) is 6.92 Å². The van der Waals surface area contributed by atoms with Gasteiger partial charge in [0.05, 0.1) is 11.0 Å². The Morgan fingerprint density at radius 1 is 0.536 bits per heavy atom. The van der Waals surface area contributed by atoms with Gasteiger partial charge in [-0.2, -0.15) is 0 Å². The lowest BCUT2D eigenvalue weighted by Gasteiger charge is -2.12. The zero-order valence-electron chi connectivity index (χ0n) is 15.7. The third kappa shape index (κ3) is 2.02. The molecular weight excluding hydrogens is 338 g/mol. The Morgan fingerprint density at radius 2 is 1.14 bits per heavy atom. The van der Waals surface area contributed by atoms with E-state index in [-0.39, 0.29) is 0 Å². The quantitative estimate of drug-likeness (QED) is 0.270. The second kappa shape index (κ2) is 5.71. The van der Waals surface area contributed by atoms with E-state index in [0.717, 1.165) is 0 Å². The molecule has 1 heteroatoms. The third-order valence-corrected chi connectivity index (χ3v) is 5.81. The average Bonchev–Trinajstić information content (AvgIpc) is 3.09. The van der Waals surface area contributed by atoms with Gasteiger partial charge in [-0.05, 0) is 46.8 Å². The Morgan fingerprint density at radius 3 is 1.89 bits per heavy atom. The minimum atomic E-state index is 1.20. The number of rotatable bonds is 1. The highest BCUT2D eigenvalue weighted by atomic mass is 15.0. The summed E-state index contributed by atoms with van der Waals surface area (Å²) >= 11 is 0. The molecule has 0 aliphatic carbocycles. The molecule has 0 spiro atoms. The summed E-state index contributed by atoms with van der Waals surface area (Å²) in [6, 6.07) is 35.1. The number of hydrogen-bond acceptors (Lipinski definition) is 0. The van der Waals surface area contributed by atoms with Gasteiger partial charge in [0, 0.05) is 21.8 Å². The Hall–Kier alpha value is -3.58. The zero-order valence-corrected chi connectivity index (χ0v) is 15.7. The van der Waals surface area contributed by atoms with Gasteiger partial charge in [-0.1, -0.05) is 78.9 Å². The van der Waals surface area contributed by atoms with Crippen LogP contribution in [0.5, 0.6) is 0 Å². The average molecular weight is 357 g/mol. The van der Waals surface area contributed by atoms with Crippen LogP contribution in [-0.4, -0.2) is 4.57 Å². The standard InChI is InChI=1S/C27H19N/c1-18-15-16-24-25(17-18)28(19-9-3-2-4-10-19)27-23-14-8-6-12-21(23)20-11-5-7-13-22(20)26(24)27/h2-17H,1H3. The smallest absolute Gasteiger partial charge is 0.0625 e. The molecule has 0 N–H and O–H groups in total. The summed E-state index contributed by atoms with van der Waals surface area (Å²) in [7, 11) is 0. The minimum Gasteiger partial charge on any atom is -0.309 e. The van der Waals surface area contributed by atoms with Gasteiger partial charge in [0.2, 0.25) is 0 Å². The van der Waals surface area contributed by atoms with Gasteiger partial charge in [0.1, 0.15) is 0 Å². The van der Waals surface area contributed by atoms with Crippen molar-refractivity contribution in [2.24, 2.45) is 0 Å². The maximum absolute atomic E-state index is 2.44. The van der Waals surface area contributed by atoms with Crippen LogP contribution in [0.3, 0.4) is 0 Å². The lowest BCUT2D eigenvalue weighted by atomic mass is 9.96. The lowest BCUT2D eigenvalue weighted by Crippen LogP contribution is -1.94. The van der Waals surface area contributed by atoms with Crippen molar-refractivity contribution in [3.63, 3.8) is 0 Å². The summed E-state index contributed by atoms with van der Waals surface area (Å²) in [5.41, 5.74) is 5.04. The van der Waals surface area contributed by atoms with Gasteiger partial charge in [-0.25, -0.2) is 0 Å². The molecule has 132 valence electrons. The normalized spacial score (nSPS) is 11.8. The van der Waals surface area contributed by atoms with Crippen molar-refractivity contribution < 1.29 is 0 Å². The van der Waals surface area contributed by atoms with Crippen molar-refractivity contribution in [3.8, 4) is 5.69 Å².